The van der Waals surface area contributed by atoms with Crippen molar-refractivity contribution in [1.29, 1.82) is 0 Å². The van der Waals surface area contributed by atoms with Crippen LogP contribution in [-0.2, 0) is 11.3 Å². The van der Waals surface area contributed by atoms with Crippen molar-refractivity contribution in [3.8, 4) is 11.4 Å². The van der Waals surface area contributed by atoms with Gasteiger partial charge in [0.1, 0.15) is 0 Å². The minimum Gasteiger partial charge on any atom is -0.385 e. The third-order valence-corrected chi connectivity index (χ3v) is 7.29. The maximum Gasteiger partial charge on any atom is 0.192 e. The van der Waals surface area contributed by atoms with Crippen molar-refractivity contribution in [2.75, 3.05) is 19.5 Å². The molecule has 0 aliphatic heterocycles. The van der Waals surface area contributed by atoms with Gasteiger partial charge in [-0.05, 0) is 45.2 Å². The molecule has 1 fully saturated rings. The standard InChI is InChI=1S/C25H29N5O2S/c1-16-13-20(17(2)29(16)11-6-12-32-3)23(31)15-33-25-28-27-24(30(25)18-9-10-18)21-14-26-22-8-5-4-7-19(21)22/h4-5,7-8,13-14,18,26H,6,9-12,15H2,1-3H3. The SMILES string of the molecule is COCCCn1c(C)cc(C(=O)CSc2nnc(-c3c[nH]c4ccccc34)n2C2CC2)c1C. The molecule has 172 valence electrons. The molecule has 7 nitrogen and oxygen atoms in total. The average molecular weight is 464 g/mol. The van der Waals surface area contributed by atoms with Gasteiger partial charge < -0.3 is 14.3 Å². The van der Waals surface area contributed by atoms with Gasteiger partial charge in [0, 0.05) is 65.9 Å². The summed E-state index contributed by atoms with van der Waals surface area (Å²) < 4.78 is 9.60. The number of aromatic amines is 1. The van der Waals surface area contributed by atoms with Crippen molar-refractivity contribution in [3.63, 3.8) is 0 Å². The number of carbonyl (C=O) groups excluding carboxylic acids is 1. The average Bonchev–Trinajstić information content (AvgIpc) is 3.32. The fourth-order valence-corrected chi connectivity index (χ4v) is 5.37. The monoisotopic (exact) mass is 463 g/mol. The number of thioether (sulfide) groups is 1. The number of aromatic nitrogens is 5. The van der Waals surface area contributed by atoms with Crippen molar-refractivity contribution in [1.82, 2.24) is 24.3 Å². The lowest BCUT2D eigenvalue weighted by Gasteiger charge is -2.10. The molecule has 33 heavy (non-hydrogen) atoms. The van der Waals surface area contributed by atoms with Gasteiger partial charge in [-0.3, -0.25) is 9.36 Å². The smallest absolute Gasteiger partial charge is 0.192 e. The molecule has 0 amide bonds. The summed E-state index contributed by atoms with van der Waals surface area (Å²) in [6.07, 6.45) is 5.18. The van der Waals surface area contributed by atoms with E-state index in [2.05, 4.69) is 43.4 Å². The van der Waals surface area contributed by atoms with Gasteiger partial charge in [-0.15, -0.1) is 10.2 Å². The van der Waals surface area contributed by atoms with E-state index in [1.54, 1.807) is 7.11 Å². The zero-order valence-corrected chi connectivity index (χ0v) is 20.1. The number of nitrogens with zero attached hydrogens (tertiary/aromatic N) is 4. The van der Waals surface area contributed by atoms with Crippen LogP contribution in [0.1, 0.15) is 47.1 Å². The van der Waals surface area contributed by atoms with E-state index in [-0.39, 0.29) is 5.78 Å². The number of nitrogens with one attached hydrogen (secondary N) is 1. The Kier molecular flexibility index (Phi) is 6.12. The first-order chi connectivity index (χ1) is 16.1. The second-order valence-corrected chi connectivity index (χ2v) is 9.59. The Morgan fingerprint density at radius 1 is 1.24 bits per heavy atom. The molecule has 3 heterocycles. The summed E-state index contributed by atoms with van der Waals surface area (Å²) in [5, 5.41) is 11.0. The van der Waals surface area contributed by atoms with Crippen LogP contribution >= 0.6 is 11.8 Å². The number of hydrogen-bond donors (Lipinski definition) is 1. The lowest BCUT2D eigenvalue weighted by molar-refractivity contribution is 0.102. The molecule has 1 N–H and O–H groups in total. The highest BCUT2D eigenvalue weighted by molar-refractivity contribution is 7.99. The van der Waals surface area contributed by atoms with Crippen LogP contribution in [0.4, 0.5) is 0 Å². The molecule has 0 saturated heterocycles. The number of benzene rings is 1. The number of ether oxygens (including phenoxy) is 1. The first-order valence-electron chi connectivity index (χ1n) is 11.4. The van der Waals surface area contributed by atoms with Crippen LogP contribution < -0.4 is 0 Å². The molecule has 1 aliphatic carbocycles. The van der Waals surface area contributed by atoms with Gasteiger partial charge in [0.15, 0.2) is 16.8 Å². The van der Waals surface area contributed by atoms with E-state index in [1.165, 1.54) is 11.8 Å². The van der Waals surface area contributed by atoms with Gasteiger partial charge in [-0.1, -0.05) is 30.0 Å². The number of fused-ring (bicyclic) bond motifs is 1. The first-order valence-corrected chi connectivity index (χ1v) is 12.4. The predicted octanol–water partition coefficient (Wildman–Crippen LogP) is 5.19. The number of para-hydroxylation sites is 1. The molecule has 1 aromatic carbocycles. The number of hydrogen-bond acceptors (Lipinski definition) is 5. The summed E-state index contributed by atoms with van der Waals surface area (Å²) in [5.74, 6) is 1.35. The van der Waals surface area contributed by atoms with E-state index >= 15 is 0 Å². The van der Waals surface area contributed by atoms with Crippen LogP contribution in [-0.4, -0.2) is 49.6 Å². The third-order valence-electron chi connectivity index (χ3n) is 6.34. The predicted molar refractivity (Wildman–Crippen MR) is 131 cm³/mol. The fourth-order valence-electron chi connectivity index (χ4n) is 4.48. The van der Waals surface area contributed by atoms with E-state index in [9.17, 15) is 4.79 Å². The largest absolute Gasteiger partial charge is 0.385 e. The van der Waals surface area contributed by atoms with Gasteiger partial charge in [-0.2, -0.15) is 0 Å². The van der Waals surface area contributed by atoms with Crippen molar-refractivity contribution in [3.05, 3.63) is 53.5 Å². The minimum atomic E-state index is 0.130. The van der Waals surface area contributed by atoms with E-state index < -0.39 is 0 Å². The van der Waals surface area contributed by atoms with Gasteiger partial charge >= 0.3 is 0 Å². The Balaban J connectivity index is 1.36. The van der Waals surface area contributed by atoms with Crippen molar-refractivity contribution >= 4 is 28.4 Å². The molecule has 4 aromatic rings. The van der Waals surface area contributed by atoms with E-state index in [0.717, 1.165) is 70.2 Å². The third kappa shape index (κ3) is 4.25. The molecule has 0 unspecified atom stereocenters. The second kappa shape index (κ2) is 9.19. The van der Waals surface area contributed by atoms with Gasteiger partial charge in [0.2, 0.25) is 0 Å². The molecule has 1 aliphatic rings. The molecule has 0 atom stereocenters. The van der Waals surface area contributed by atoms with Crippen molar-refractivity contribution < 1.29 is 9.53 Å². The van der Waals surface area contributed by atoms with Crippen LogP contribution in [0.15, 0.2) is 41.7 Å². The number of rotatable bonds is 10. The summed E-state index contributed by atoms with van der Waals surface area (Å²) in [6.45, 7) is 5.65. The Bertz CT molecular complexity index is 1300. The summed E-state index contributed by atoms with van der Waals surface area (Å²) in [5.41, 5.74) is 5.08. The number of carbonyl (C=O) groups is 1. The summed E-state index contributed by atoms with van der Waals surface area (Å²) in [6, 6.07) is 10.6. The number of aryl methyl sites for hydroxylation is 1. The van der Waals surface area contributed by atoms with Crippen molar-refractivity contribution in [2.24, 2.45) is 0 Å². The van der Waals surface area contributed by atoms with Crippen LogP contribution in [0.25, 0.3) is 22.3 Å². The molecule has 0 bridgehead atoms. The lowest BCUT2D eigenvalue weighted by Crippen LogP contribution is -2.09. The van der Waals surface area contributed by atoms with Crippen LogP contribution in [0, 0.1) is 13.8 Å². The van der Waals surface area contributed by atoms with Crippen LogP contribution in [0.2, 0.25) is 0 Å². The van der Waals surface area contributed by atoms with Crippen LogP contribution in [0.5, 0.6) is 0 Å². The molecule has 1 saturated carbocycles. The van der Waals surface area contributed by atoms with E-state index in [0.29, 0.717) is 18.4 Å². The first kappa shape index (κ1) is 22.0. The maximum absolute atomic E-state index is 13.1. The van der Waals surface area contributed by atoms with Gasteiger partial charge in [0.05, 0.1) is 5.75 Å². The zero-order chi connectivity index (χ0) is 22.9. The number of methoxy groups -OCH3 is 1. The minimum absolute atomic E-state index is 0.130. The Hall–Kier alpha value is -2.84. The molecule has 0 radical (unpaired) electrons. The normalized spacial score (nSPS) is 13.8. The Labute approximate surface area is 197 Å². The summed E-state index contributed by atoms with van der Waals surface area (Å²) >= 11 is 1.49. The number of Topliss-reactive ketones (excluding diaryl/α,β-unsaturated/α-hetero) is 1. The second-order valence-electron chi connectivity index (χ2n) is 8.65. The van der Waals surface area contributed by atoms with Gasteiger partial charge in [0.25, 0.3) is 0 Å². The maximum atomic E-state index is 13.1. The van der Waals surface area contributed by atoms with E-state index in [4.69, 9.17) is 4.74 Å². The highest BCUT2D eigenvalue weighted by Gasteiger charge is 2.31. The van der Waals surface area contributed by atoms with Gasteiger partial charge in [-0.25, -0.2) is 0 Å². The number of ketones is 1. The van der Waals surface area contributed by atoms with Crippen molar-refractivity contribution in [2.45, 2.75) is 50.9 Å². The Morgan fingerprint density at radius 3 is 2.85 bits per heavy atom. The van der Waals surface area contributed by atoms with E-state index in [1.807, 2.05) is 31.3 Å². The Morgan fingerprint density at radius 2 is 2.06 bits per heavy atom. The van der Waals surface area contributed by atoms with Crippen LogP contribution in [0.3, 0.4) is 0 Å². The number of H-pyrrole nitrogens is 1. The zero-order valence-electron chi connectivity index (χ0n) is 19.3. The molecular formula is C25H29N5O2S. The summed E-state index contributed by atoms with van der Waals surface area (Å²) in [4.78, 5) is 16.5. The molecule has 5 rings (SSSR count). The molecular weight excluding hydrogens is 434 g/mol. The highest BCUT2D eigenvalue weighted by Crippen LogP contribution is 2.42. The molecule has 8 heteroatoms. The lowest BCUT2D eigenvalue weighted by atomic mass is 10.1. The topological polar surface area (TPSA) is 77.7 Å². The highest BCUT2D eigenvalue weighted by atomic mass is 32.2. The fraction of sp³-hybridized carbons (Fsp3) is 0.400. The molecule has 0 spiro atoms. The molecule has 3 aromatic heterocycles. The quantitative estimate of drug-likeness (QED) is 0.199. The summed E-state index contributed by atoms with van der Waals surface area (Å²) in [7, 11) is 1.71.